The molecule has 1 aromatic carbocycles. The Morgan fingerprint density at radius 3 is 2.14 bits per heavy atom. The van der Waals surface area contributed by atoms with Crippen LogP contribution >= 0.6 is 7.14 Å². The van der Waals surface area contributed by atoms with Crippen molar-refractivity contribution >= 4 is 13.3 Å². The first-order valence-electron chi connectivity index (χ1n) is 6.99. The van der Waals surface area contributed by atoms with Crippen molar-refractivity contribution in [2.24, 2.45) is 11.8 Å². The van der Waals surface area contributed by atoms with E-state index < -0.39 is 7.14 Å². The normalized spacial score (nSPS) is 14.5. The zero-order valence-electron chi connectivity index (χ0n) is 13.2. The second-order valence-electron chi connectivity index (χ2n) is 5.75. The van der Waals surface area contributed by atoms with E-state index in [9.17, 15) is 4.57 Å². The molecule has 0 saturated heterocycles. The number of hydrogen-bond acceptors (Lipinski definition) is 4. The number of rotatable bonds is 7. The van der Waals surface area contributed by atoms with E-state index >= 15 is 0 Å². The first-order valence-corrected chi connectivity index (χ1v) is 9.51. The van der Waals surface area contributed by atoms with E-state index in [1.807, 2.05) is 37.0 Å². The van der Waals surface area contributed by atoms with Crippen LogP contribution in [0.4, 0.5) is 0 Å². The first-order chi connectivity index (χ1) is 9.82. The summed E-state index contributed by atoms with van der Waals surface area (Å²) in [5.41, 5.74) is 1.13. The molecule has 0 aliphatic heterocycles. The molecule has 2 atom stereocenters. The van der Waals surface area contributed by atoms with Gasteiger partial charge in [0.05, 0.1) is 13.0 Å². The summed E-state index contributed by atoms with van der Waals surface area (Å²) >= 11 is 0. The Morgan fingerprint density at radius 2 is 1.67 bits per heavy atom. The molecule has 118 valence electrons. The van der Waals surface area contributed by atoms with Gasteiger partial charge >= 0.3 is 6.15 Å². The van der Waals surface area contributed by atoms with Gasteiger partial charge in [0.2, 0.25) is 0 Å². The van der Waals surface area contributed by atoms with Gasteiger partial charge < -0.3 is 9.30 Å². The molecule has 5 heteroatoms. The number of carbonyl (C=O) groups excluding carboxylic acids is 2. The summed E-state index contributed by atoms with van der Waals surface area (Å²) in [5.74, 6) is 1.06. The van der Waals surface area contributed by atoms with Gasteiger partial charge in [-0.1, -0.05) is 51.1 Å². The zero-order chi connectivity index (χ0) is 16.3. The third-order valence-corrected chi connectivity index (χ3v) is 5.37. The maximum Gasteiger partial charge on any atom is 0.373 e. The molecule has 0 aliphatic rings. The Hall–Kier alpha value is -1.21. The van der Waals surface area contributed by atoms with Gasteiger partial charge in [-0.15, -0.1) is 0 Å². The van der Waals surface area contributed by atoms with Gasteiger partial charge in [-0.25, -0.2) is 0 Å². The molecule has 1 aromatic rings. The highest BCUT2D eigenvalue weighted by atomic mass is 31.2. The second kappa shape index (κ2) is 10.5. The lowest BCUT2D eigenvalue weighted by atomic mass is 10.0. The molecule has 0 bridgehead atoms. The Morgan fingerprint density at radius 1 is 1.14 bits per heavy atom. The van der Waals surface area contributed by atoms with E-state index in [-0.39, 0.29) is 6.15 Å². The molecule has 0 unspecified atom stereocenters. The summed E-state index contributed by atoms with van der Waals surface area (Å²) in [6.07, 6.45) is 1.42. The minimum atomic E-state index is -2.16. The van der Waals surface area contributed by atoms with Gasteiger partial charge in [0.15, 0.2) is 0 Å². The molecule has 0 saturated carbocycles. The van der Waals surface area contributed by atoms with Crippen LogP contribution in [0.15, 0.2) is 30.3 Å². The number of hydrogen-bond donors (Lipinski definition) is 0. The van der Waals surface area contributed by atoms with Crippen LogP contribution < -0.4 is 0 Å². The highest BCUT2D eigenvalue weighted by Crippen LogP contribution is 2.44. The zero-order valence-corrected chi connectivity index (χ0v) is 14.1. The van der Waals surface area contributed by atoms with Crippen LogP contribution in [-0.2, 0) is 25.5 Å². The Kier molecular flexibility index (Phi) is 9.90. The molecule has 0 amide bonds. The van der Waals surface area contributed by atoms with Gasteiger partial charge in [0.1, 0.15) is 7.14 Å². The Balaban J connectivity index is 0.00000122. The lowest BCUT2D eigenvalue weighted by molar-refractivity contribution is -0.191. The van der Waals surface area contributed by atoms with Crippen LogP contribution in [0.25, 0.3) is 0 Å². The molecule has 0 radical (unpaired) electrons. The van der Waals surface area contributed by atoms with E-state index in [1.165, 1.54) is 0 Å². The van der Waals surface area contributed by atoms with Crippen molar-refractivity contribution in [1.29, 1.82) is 0 Å². The van der Waals surface area contributed by atoms with Gasteiger partial charge in [-0.05, 0) is 24.1 Å². The van der Waals surface area contributed by atoms with E-state index in [1.54, 1.807) is 0 Å². The average molecular weight is 312 g/mol. The SMILES string of the molecule is CC(C)[C@H](C)C[P@](C)(=O)COCc1ccccc1.O=C=O. The molecule has 21 heavy (non-hydrogen) atoms. The predicted molar refractivity (Wildman–Crippen MR) is 83.5 cm³/mol. The fraction of sp³-hybridized carbons (Fsp3) is 0.562. The summed E-state index contributed by atoms with van der Waals surface area (Å²) in [5, 5.41) is 0. The summed E-state index contributed by atoms with van der Waals surface area (Å²) < 4.78 is 18.0. The van der Waals surface area contributed by atoms with Crippen LogP contribution in [0.3, 0.4) is 0 Å². The minimum absolute atomic E-state index is 0.250. The number of benzene rings is 1. The van der Waals surface area contributed by atoms with Crippen molar-refractivity contribution in [2.45, 2.75) is 27.4 Å². The summed E-state index contributed by atoms with van der Waals surface area (Å²) in [6, 6.07) is 10.0. The molecule has 0 aliphatic carbocycles. The summed E-state index contributed by atoms with van der Waals surface area (Å²) in [4.78, 5) is 16.2. The standard InChI is InChI=1S/C15H25O2P.CO2/c1-13(2)14(3)11-18(4,16)12-17-10-15-8-6-5-7-9-15;2-1-3/h5-9,13-14H,10-12H2,1-4H3;/t14-,18+;/m1./s1. The fourth-order valence-corrected chi connectivity index (χ4v) is 4.03. The number of ether oxygens (including phenoxy) is 1. The van der Waals surface area contributed by atoms with Crippen molar-refractivity contribution in [3.8, 4) is 0 Å². The maximum absolute atomic E-state index is 12.4. The van der Waals surface area contributed by atoms with Gasteiger partial charge in [0, 0.05) is 6.16 Å². The molecule has 0 spiro atoms. The van der Waals surface area contributed by atoms with Crippen LogP contribution in [0.5, 0.6) is 0 Å². The van der Waals surface area contributed by atoms with Crippen molar-refractivity contribution in [3.63, 3.8) is 0 Å². The molecule has 4 nitrogen and oxygen atoms in total. The quantitative estimate of drug-likeness (QED) is 0.717. The average Bonchev–Trinajstić information content (AvgIpc) is 2.40. The predicted octanol–water partition coefficient (Wildman–Crippen LogP) is 3.86. The first kappa shape index (κ1) is 19.8. The van der Waals surface area contributed by atoms with Crippen LogP contribution in [-0.4, -0.2) is 25.3 Å². The molecular weight excluding hydrogens is 287 g/mol. The maximum atomic E-state index is 12.4. The molecular formula is C16H25O4P. The van der Waals surface area contributed by atoms with Crippen molar-refractivity contribution in [3.05, 3.63) is 35.9 Å². The van der Waals surface area contributed by atoms with Gasteiger partial charge in [-0.2, -0.15) is 9.59 Å². The lowest BCUT2D eigenvalue weighted by Gasteiger charge is -2.21. The highest BCUT2D eigenvalue weighted by molar-refractivity contribution is 7.62. The largest absolute Gasteiger partial charge is 0.373 e. The molecule has 0 N–H and O–H groups in total. The van der Waals surface area contributed by atoms with Crippen LogP contribution in [0.2, 0.25) is 0 Å². The van der Waals surface area contributed by atoms with E-state index in [0.29, 0.717) is 24.8 Å². The van der Waals surface area contributed by atoms with Crippen LogP contribution in [0.1, 0.15) is 26.3 Å². The minimum Gasteiger partial charge on any atom is -0.369 e. The Labute approximate surface area is 127 Å². The lowest BCUT2D eigenvalue weighted by Crippen LogP contribution is -2.11. The van der Waals surface area contributed by atoms with Crippen molar-refractivity contribution < 1.29 is 18.9 Å². The van der Waals surface area contributed by atoms with Gasteiger partial charge in [0.25, 0.3) is 0 Å². The van der Waals surface area contributed by atoms with Crippen molar-refractivity contribution in [2.75, 3.05) is 19.2 Å². The third-order valence-electron chi connectivity index (χ3n) is 3.29. The molecule has 0 heterocycles. The van der Waals surface area contributed by atoms with E-state index in [0.717, 1.165) is 11.7 Å². The molecule has 0 fully saturated rings. The Bertz CT molecular complexity index is 464. The topological polar surface area (TPSA) is 60.4 Å². The highest BCUT2D eigenvalue weighted by Gasteiger charge is 2.21. The molecule has 0 aromatic heterocycles. The second-order valence-corrected chi connectivity index (χ2v) is 8.96. The monoisotopic (exact) mass is 312 g/mol. The van der Waals surface area contributed by atoms with E-state index in [2.05, 4.69) is 20.8 Å². The molecule has 1 rings (SSSR count). The van der Waals surface area contributed by atoms with E-state index in [4.69, 9.17) is 14.3 Å². The summed E-state index contributed by atoms with van der Waals surface area (Å²) in [7, 11) is -2.16. The van der Waals surface area contributed by atoms with Crippen LogP contribution in [0, 0.1) is 11.8 Å². The smallest absolute Gasteiger partial charge is 0.369 e. The van der Waals surface area contributed by atoms with Crippen molar-refractivity contribution in [1.82, 2.24) is 0 Å². The van der Waals surface area contributed by atoms with Gasteiger partial charge in [-0.3, -0.25) is 0 Å². The third kappa shape index (κ3) is 10.2. The fourth-order valence-electron chi connectivity index (χ4n) is 1.80. The summed E-state index contributed by atoms with van der Waals surface area (Å²) in [6.45, 7) is 8.93.